The number of fused-ring (bicyclic) bond motifs is 1. The van der Waals surface area contributed by atoms with Gasteiger partial charge in [-0.1, -0.05) is 0 Å². The fraction of sp³-hybridized carbons (Fsp3) is 0.652. The van der Waals surface area contributed by atoms with Crippen molar-refractivity contribution in [1.82, 2.24) is 24.4 Å². The molecule has 4 rings (SSSR count). The van der Waals surface area contributed by atoms with Crippen LogP contribution < -0.4 is 0 Å². The third-order valence-electron chi connectivity index (χ3n) is 6.69. The molecular formula is C23H33N5O2. The summed E-state index contributed by atoms with van der Waals surface area (Å²) in [5.41, 5.74) is 4.85. The van der Waals surface area contributed by atoms with Crippen LogP contribution in [-0.4, -0.2) is 55.8 Å². The zero-order valence-electron chi connectivity index (χ0n) is 18.6. The van der Waals surface area contributed by atoms with Crippen LogP contribution in [0.5, 0.6) is 0 Å². The molecule has 30 heavy (non-hydrogen) atoms. The molecule has 2 aliphatic rings. The van der Waals surface area contributed by atoms with E-state index in [0.29, 0.717) is 18.7 Å². The molecule has 3 heterocycles. The molecule has 162 valence electrons. The molecule has 0 spiro atoms. The SMILES string of the molecule is CCN(CC)C(=O)CCc1c(C)nc2cc(C3CCCN3C(=O)C3CC3)nn2c1C. The summed E-state index contributed by atoms with van der Waals surface area (Å²) in [7, 11) is 0. The van der Waals surface area contributed by atoms with Crippen LogP contribution >= 0.6 is 0 Å². The van der Waals surface area contributed by atoms with E-state index in [4.69, 9.17) is 10.1 Å². The van der Waals surface area contributed by atoms with Crippen molar-refractivity contribution >= 4 is 17.5 Å². The monoisotopic (exact) mass is 411 g/mol. The van der Waals surface area contributed by atoms with Crippen LogP contribution in [0.2, 0.25) is 0 Å². The number of nitrogens with zero attached hydrogens (tertiary/aromatic N) is 5. The van der Waals surface area contributed by atoms with Gasteiger partial charge in [0.25, 0.3) is 0 Å². The van der Waals surface area contributed by atoms with Crippen LogP contribution in [0.4, 0.5) is 0 Å². The Morgan fingerprint density at radius 2 is 1.90 bits per heavy atom. The van der Waals surface area contributed by atoms with Gasteiger partial charge in [-0.05, 0) is 65.4 Å². The van der Waals surface area contributed by atoms with Crippen molar-refractivity contribution in [1.29, 1.82) is 0 Å². The molecule has 1 aliphatic carbocycles. The smallest absolute Gasteiger partial charge is 0.226 e. The molecule has 2 fully saturated rings. The van der Waals surface area contributed by atoms with Crippen LogP contribution in [-0.2, 0) is 16.0 Å². The van der Waals surface area contributed by atoms with Crippen molar-refractivity contribution in [2.24, 2.45) is 5.92 Å². The Kier molecular flexibility index (Phi) is 5.80. The third-order valence-corrected chi connectivity index (χ3v) is 6.69. The van der Waals surface area contributed by atoms with Crippen LogP contribution in [0.1, 0.15) is 74.6 Å². The van der Waals surface area contributed by atoms with Gasteiger partial charge in [0.15, 0.2) is 5.65 Å². The van der Waals surface area contributed by atoms with E-state index in [1.807, 2.05) is 41.2 Å². The lowest BCUT2D eigenvalue weighted by Gasteiger charge is -2.23. The van der Waals surface area contributed by atoms with Gasteiger partial charge in [0.1, 0.15) is 0 Å². The summed E-state index contributed by atoms with van der Waals surface area (Å²) in [5.74, 6) is 0.714. The molecule has 0 aromatic carbocycles. The summed E-state index contributed by atoms with van der Waals surface area (Å²) in [6.45, 7) is 10.4. The maximum atomic E-state index is 12.7. The summed E-state index contributed by atoms with van der Waals surface area (Å²) in [6, 6.07) is 2.10. The molecule has 1 saturated heterocycles. The van der Waals surface area contributed by atoms with Gasteiger partial charge in [0, 0.05) is 49.4 Å². The Morgan fingerprint density at radius 3 is 2.57 bits per heavy atom. The molecule has 0 bridgehead atoms. The number of rotatable bonds is 7. The highest BCUT2D eigenvalue weighted by atomic mass is 16.2. The van der Waals surface area contributed by atoms with Crippen molar-refractivity contribution in [3.8, 4) is 0 Å². The summed E-state index contributed by atoms with van der Waals surface area (Å²) >= 11 is 0. The van der Waals surface area contributed by atoms with Crippen LogP contribution in [0.25, 0.3) is 5.65 Å². The first-order valence-corrected chi connectivity index (χ1v) is 11.4. The quantitative estimate of drug-likeness (QED) is 0.701. The average molecular weight is 412 g/mol. The lowest BCUT2D eigenvalue weighted by molar-refractivity contribution is -0.133. The molecule has 7 nitrogen and oxygen atoms in total. The minimum Gasteiger partial charge on any atom is -0.343 e. The number of amides is 2. The van der Waals surface area contributed by atoms with Crippen molar-refractivity contribution in [2.45, 2.75) is 72.3 Å². The minimum atomic E-state index is 0.0622. The molecule has 7 heteroatoms. The highest BCUT2D eigenvalue weighted by molar-refractivity contribution is 5.81. The molecule has 1 unspecified atom stereocenters. The lowest BCUT2D eigenvalue weighted by atomic mass is 10.1. The highest BCUT2D eigenvalue weighted by Crippen LogP contribution is 2.38. The van der Waals surface area contributed by atoms with E-state index in [2.05, 4.69) is 6.92 Å². The van der Waals surface area contributed by atoms with E-state index >= 15 is 0 Å². The van der Waals surface area contributed by atoms with Crippen LogP contribution in [0.15, 0.2) is 6.07 Å². The van der Waals surface area contributed by atoms with E-state index in [0.717, 1.165) is 73.6 Å². The van der Waals surface area contributed by atoms with Crippen LogP contribution in [0, 0.1) is 19.8 Å². The number of carbonyl (C=O) groups is 2. The molecule has 1 saturated carbocycles. The summed E-state index contributed by atoms with van der Waals surface area (Å²) in [4.78, 5) is 33.8. The first kappa shape index (κ1) is 20.8. The highest BCUT2D eigenvalue weighted by Gasteiger charge is 2.39. The normalized spacial score (nSPS) is 18.9. The largest absolute Gasteiger partial charge is 0.343 e. The van der Waals surface area contributed by atoms with Crippen LogP contribution in [0.3, 0.4) is 0 Å². The summed E-state index contributed by atoms with van der Waals surface area (Å²) in [5, 5.41) is 4.87. The predicted octanol–water partition coefficient (Wildman–Crippen LogP) is 3.22. The third kappa shape index (κ3) is 3.82. The second-order valence-electron chi connectivity index (χ2n) is 8.63. The number of likely N-dealkylation sites (tertiary alicyclic amines) is 1. The minimum absolute atomic E-state index is 0.0622. The average Bonchev–Trinajstić information content (AvgIpc) is 3.30. The van der Waals surface area contributed by atoms with Gasteiger partial charge in [-0.25, -0.2) is 9.50 Å². The number of hydrogen-bond donors (Lipinski definition) is 0. The topological polar surface area (TPSA) is 70.8 Å². The molecule has 2 aromatic rings. The number of aromatic nitrogens is 3. The van der Waals surface area contributed by atoms with Crippen molar-refractivity contribution < 1.29 is 9.59 Å². The van der Waals surface area contributed by atoms with Gasteiger partial charge in [0.05, 0.1) is 11.7 Å². The van der Waals surface area contributed by atoms with Gasteiger partial charge < -0.3 is 9.80 Å². The number of hydrogen-bond acceptors (Lipinski definition) is 4. The Bertz CT molecular complexity index is 958. The summed E-state index contributed by atoms with van der Waals surface area (Å²) < 4.78 is 1.90. The standard InChI is InChI=1S/C23H33N5O2/c1-5-26(6-2)22(29)12-11-18-15(3)24-21-14-19(25-28(21)16(18)4)20-8-7-13-27(20)23(30)17-9-10-17/h14,17,20H,5-13H2,1-4H3. The molecule has 2 amide bonds. The number of aryl methyl sites for hydroxylation is 2. The second kappa shape index (κ2) is 8.36. The van der Waals surface area contributed by atoms with Gasteiger partial charge in [-0.15, -0.1) is 0 Å². The Labute approximate surface area is 178 Å². The first-order chi connectivity index (χ1) is 14.4. The van der Waals surface area contributed by atoms with Gasteiger partial charge >= 0.3 is 0 Å². The van der Waals surface area contributed by atoms with E-state index in [-0.39, 0.29) is 17.9 Å². The first-order valence-electron chi connectivity index (χ1n) is 11.4. The lowest BCUT2D eigenvalue weighted by Crippen LogP contribution is -2.31. The Balaban J connectivity index is 1.58. The molecule has 1 atom stereocenters. The zero-order chi connectivity index (χ0) is 21.4. The van der Waals surface area contributed by atoms with Gasteiger partial charge in [-0.3, -0.25) is 9.59 Å². The molecule has 0 radical (unpaired) electrons. The predicted molar refractivity (Wildman–Crippen MR) is 115 cm³/mol. The van der Waals surface area contributed by atoms with E-state index in [9.17, 15) is 9.59 Å². The zero-order valence-corrected chi connectivity index (χ0v) is 18.6. The van der Waals surface area contributed by atoms with Crippen molar-refractivity contribution in [2.75, 3.05) is 19.6 Å². The van der Waals surface area contributed by atoms with Gasteiger partial charge in [0.2, 0.25) is 11.8 Å². The second-order valence-corrected chi connectivity index (χ2v) is 8.63. The van der Waals surface area contributed by atoms with E-state index in [1.165, 1.54) is 0 Å². The maximum Gasteiger partial charge on any atom is 0.226 e. The summed E-state index contributed by atoms with van der Waals surface area (Å²) in [6.07, 6.45) is 5.20. The fourth-order valence-electron chi connectivity index (χ4n) is 4.74. The maximum absolute atomic E-state index is 12.7. The Hall–Kier alpha value is -2.44. The number of carbonyl (C=O) groups excluding carboxylic acids is 2. The van der Waals surface area contributed by atoms with Crippen molar-refractivity contribution in [3.63, 3.8) is 0 Å². The van der Waals surface area contributed by atoms with E-state index in [1.54, 1.807) is 0 Å². The van der Waals surface area contributed by atoms with Crippen molar-refractivity contribution in [3.05, 3.63) is 28.7 Å². The van der Waals surface area contributed by atoms with E-state index < -0.39 is 0 Å². The molecule has 0 N–H and O–H groups in total. The molecular weight excluding hydrogens is 378 g/mol. The Morgan fingerprint density at radius 1 is 1.17 bits per heavy atom. The molecule has 1 aliphatic heterocycles. The molecule has 2 aromatic heterocycles. The van der Waals surface area contributed by atoms with Gasteiger partial charge in [-0.2, -0.15) is 5.10 Å². The fourth-order valence-corrected chi connectivity index (χ4v) is 4.74.